The molecule has 0 aliphatic heterocycles. The summed E-state index contributed by atoms with van der Waals surface area (Å²) in [5.74, 6) is -0.907. The highest BCUT2D eigenvalue weighted by molar-refractivity contribution is 5.71. The Morgan fingerprint density at radius 1 is 0.304 bits per heavy atom. The highest BCUT2D eigenvalue weighted by atomic mass is 16.6. The van der Waals surface area contributed by atoms with Gasteiger partial charge in [0.1, 0.15) is 13.2 Å². The zero-order valence-electron chi connectivity index (χ0n) is 46.3. The number of esters is 3. The van der Waals surface area contributed by atoms with Gasteiger partial charge in [-0.2, -0.15) is 0 Å². The molecule has 0 spiro atoms. The molecule has 404 valence electrons. The van der Waals surface area contributed by atoms with Crippen LogP contribution in [-0.2, 0) is 28.6 Å². The minimum absolute atomic E-state index is 0.0807. The summed E-state index contributed by atoms with van der Waals surface area (Å²) in [6, 6.07) is 0. The molecule has 0 rings (SSSR count). The first kappa shape index (κ1) is 66.6. The topological polar surface area (TPSA) is 78.9 Å². The molecule has 0 radical (unpaired) electrons. The SMILES string of the molecule is CC/C=C\C/C=C\C/C=C\CCCCCC(=O)OC(COC(=O)CCCCCCCC)COC(=O)CCCCCCCCCCCCCCCCCCCCCCCCCCCCCCCCCC. The second kappa shape index (κ2) is 58.2. The fourth-order valence-corrected chi connectivity index (χ4v) is 9.11. The molecular weight excluding hydrogens is 853 g/mol. The highest BCUT2D eigenvalue weighted by Crippen LogP contribution is 2.18. The van der Waals surface area contributed by atoms with Crippen molar-refractivity contribution in [3.8, 4) is 0 Å². The Balaban J connectivity index is 3.90. The van der Waals surface area contributed by atoms with E-state index in [0.717, 1.165) is 83.5 Å². The van der Waals surface area contributed by atoms with Gasteiger partial charge in [-0.25, -0.2) is 0 Å². The minimum atomic E-state index is -0.781. The number of allylic oxidation sites excluding steroid dienone is 6. The van der Waals surface area contributed by atoms with Crippen LogP contribution in [0.2, 0.25) is 0 Å². The lowest BCUT2D eigenvalue weighted by Crippen LogP contribution is -2.30. The number of carbonyl (C=O) groups excluding carboxylic acids is 3. The van der Waals surface area contributed by atoms with Crippen LogP contribution >= 0.6 is 0 Å². The lowest BCUT2D eigenvalue weighted by molar-refractivity contribution is -0.167. The smallest absolute Gasteiger partial charge is 0.306 e. The van der Waals surface area contributed by atoms with Gasteiger partial charge in [-0.3, -0.25) is 14.4 Å². The molecule has 0 aromatic rings. The molecular formula is C63H116O6. The summed E-state index contributed by atoms with van der Waals surface area (Å²) in [4.78, 5) is 37.8. The van der Waals surface area contributed by atoms with Crippen molar-refractivity contribution in [2.75, 3.05) is 13.2 Å². The van der Waals surface area contributed by atoms with Crippen molar-refractivity contribution >= 4 is 17.9 Å². The Kier molecular flexibility index (Phi) is 56.2. The maximum Gasteiger partial charge on any atom is 0.306 e. The summed E-state index contributed by atoms with van der Waals surface area (Å²) in [6.45, 7) is 6.48. The molecule has 6 heteroatoms. The van der Waals surface area contributed by atoms with E-state index in [1.807, 2.05) is 0 Å². The van der Waals surface area contributed by atoms with Gasteiger partial charge in [0.25, 0.3) is 0 Å². The second-order valence-corrected chi connectivity index (χ2v) is 20.6. The van der Waals surface area contributed by atoms with E-state index in [2.05, 4.69) is 57.2 Å². The molecule has 6 nitrogen and oxygen atoms in total. The Labute approximate surface area is 429 Å². The third-order valence-corrected chi connectivity index (χ3v) is 13.7. The van der Waals surface area contributed by atoms with E-state index in [9.17, 15) is 14.4 Å². The minimum Gasteiger partial charge on any atom is -0.462 e. The van der Waals surface area contributed by atoms with Crippen molar-refractivity contribution in [3.05, 3.63) is 36.5 Å². The zero-order valence-corrected chi connectivity index (χ0v) is 46.3. The molecule has 0 bridgehead atoms. The molecule has 0 aliphatic rings. The van der Waals surface area contributed by atoms with Crippen LogP contribution in [0.15, 0.2) is 36.5 Å². The number of hydrogen-bond acceptors (Lipinski definition) is 6. The maximum absolute atomic E-state index is 12.7. The normalized spacial score (nSPS) is 12.2. The zero-order chi connectivity index (χ0) is 50.0. The fourth-order valence-electron chi connectivity index (χ4n) is 9.11. The van der Waals surface area contributed by atoms with Crippen molar-refractivity contribution in [2.45, 2.75) is 335 Å². The fraction of sp³-hybridized carbons (Fsp3) is 0.857. The molecule has 0 saturated carbocycles. The van der Waals surface area contributed by atoms with E-state index < -0.39 is 6.10 Å². The quantitative estimate of drug-likeness (QED) is 0.0261. The van der Waals surface area contributed by atoms with E-state index in [1.165, 1.54) is 205 Å². The van der Waals surface area contributed by atoms with Crippen molar-refractivity contribution in [1.82, 2.24) is 0 Å². The largest absolute Gasteiger partial charge is 0.462 e. The number of rotatable bonds is 56. The summed E-state index contributed by atoms with van der Waals surface area (Å²) in [7, 11) is 0. The number of carbonyl (C=O) groups is 3. The van der Waals surface area contributed by atoms with E-state index in [0.29, 0.717) is 19.3 Å². The number of ether oxygens (including phenoxy) is 3. The molecule has 1 atom stereocenters. The van der Waals surface area contributed by atoms with Crippen LogP contribution < -0.4 is 0 Å². The average molecular weight is 970 g/mol. The molecule has 0 N–H and O–H groups in total. The molecule has 0 fully saturated rings. The third kappa shape index (κ3) is 56.4. The van der Waals surface area contributed by atoms with Crippen molar-refractivity contribution in [1.29, 1.82) is 0 Å². The van der Waals surface area contributed by atoms with Crippen molar-refractivity contribution < 1.29 is 28.6 Å². The predicted octanol–water partition coefficient (Wildman–Crippen LogP) is 20.4. The number of unbranched alkanes of at least 4 members (excludes halogenated alkanes) is 39. The van der Waals surface area contributed by atoms with Gasteiger partial charge in [-0.1, -0.05) is 295 Å². The summed E-state index contributed by atoms with van der Waals surface area (Å²) < 4.78 is 16.7. The third-order valence-electron chi connectivity index (χ3n) is 13.7. The first-order valence-electron chi connectivity index (χ1n) is 30.5. The van der Waals surface area contributed by atoms with Crippen LogP contribution in [0.5, 0.6) is 0 Å². The Morgan fingerprint density at radius 2 is 0.565 bits per heavy atom. The van der Waals surface area contributed by atoms with Gasteiger partial charge in [-0.05, 0) is 51.4 Å². The van der Waals surface area contributed by atoms with Gasteiger partial charge in [0.15, 0.2) is 6.10 Å². The van der Waals surface area contributed by atoms with Gasteiger partial charge in [0.2, 0.25) is 0 Å². The maximum atomic E-state index is 12.7. The van der Waals surface area contributed by atoms with E-state index >= 15 is 0 Å². The molecule has 0 aromatic carbocycles. The monoisotopic (exact) mass is 969 g/mol. The molecule has 0 heterocycles. The Bertz CT molecular complexity index is 1160. The van der Waals surface area contributed by atoms with Crippen LogP contribution in [0.1, 0.15) is 329 Å². The van der Waals surface area contributed by atoms with Gasteiger partial charge in [-0.15, -0.1) is 0 Å². The highest BCUT2D eigenvalue weighted by Gasteiger charge is 2.19. The van der Waals surface area contributed by atoms with Gasteiger partial charge >= 0.3 is 17.9 Å². The molecule has 0 aliphatic carbocycles. The second-order valence-electron chi connectivity index (χ2n) is 20.6. The Morgan fingerprint density at radius 3 is 0.884 bits per heavy atom. The molecule has 0 aromatic heterocycles. The molecule has 0 saturated heterocycles. The summed E-state index contributed by atoms with van der Waals surface area (Å²) >= 11 is 0. The van der Waals surface area contributed by atoms with Crippen LogP contribution in [0.25, 0.3) is 0 Å². The lowest BCUT2D eigenvalue weighted by atomic mass is 10.0. The molecule has 69 heavy (non-hydrogen) atoms. The van der Waals surface area contributed by atoms with Crippen LogP contribution in [0.3, 0.4) is 0 Å². The first-order chi connectivity index (χ1) is 34.0. The van der Waals surface area contributed by atoms with Crippen LogP contribution in [-0.4, -0.2) is 37.2 Å². The van der Waals surface area contributed by atoms with Gasteiger partial charge in [0, 0.05) is 19.3 Å². The summed E-state index contributed by atoms with van der Waals surface area (Å²) in [5.41, 5.74) is 0. The van der Waals surface area contributed by atoms with Gasteiger partial charge in [0.05, 0.1) is 0 Å². The molecule has 1 unspecified atom stereocenters. The number of hydrogen-bond donors (Lipinski definition) is 0. The van der Waals surface area contributed by atoms with Crippen LogP contribution in [0, 0.1) is 0 Å². The molecule has 0 amide bonds. The van der Waals surface area contributed by atoms with E-state index in [4.69, 9.17) is 14.2 Å². The standard InChI is InChI=1S/C63H116O6/c1-4-7-10-13-16-18-20-22-23-24-25-26-27-28-29-30-31-32-33-34-35-36-37-38-39-40-42-43-45-47-50-53-56-62(65)68-59-60(58-67-61(64)55-52-49-15-12-9-6-3)69-63(66)57-54-51-48-46-44-41-21-19-17-14-11-8-5-2/h8,11,17,19,41,44,60H,4-7,9-10,12-16,18,20-40,42-43,45-59H2,1-3H3/b11-8-,19-17-,44-41-. The lowest BCUT2D eigenvalue weighted by Gasteiger charge is -2.18. The van der Waals surface area contributed by atoms with Crippen molar-refractivity contribution in [2.24, 2.45) is 0 Å². The van der Waals surface area contributed by atoms with Crippen molar-refractivity contribution in [3.63, 3.8) is 0 Å². The predicted molar refractivity (Wildman–Crippen MR) is 298 cm³/mol. The van der Waals surface area contributed by atoms with Crippen LogP contribution in [0.4, 0.5) is 0 Å². The Hall–Kier alpha value is -2.37. The van der Waals surface area contributed by atoms with E-state index in [1.54, 1.807) is 0 Å². The summed E-state index contributed by atoms with van der Waals surface area (Å²) in [5, 5.41) is 0. The van der Waals surface area contributed by atoms with E-state index in [-0.39, 0.29) is 31.1 Å². The first-order valence-corrected chi connectivity index (χ1v) is 30.5. The average Bonchev–Trinajstić information content (AvgIpc) is 3.35. The summed E-state index contributed by atoms with van der Waals surface area (Å²) in [6.07, 6.45) is 70.8. The van der Waals surface area contributed by atoms with Gasteiger partial charge < -0.3 is 14.2 Å².